The topological polar surface area (TPSA) is 67.2 Å². The first-order chi connectivity index (χ1) is 12.1. The summed E-state index contributed by atoms with van der Waals surface area (Å²) in [4.78, 5) is 27.7. The van der Waals surface area contributed by atoms with Gasteiger partial charge in [-0.05, 0) is 46.6 Å². The maximum absolute atomic E-state index is 12.3. The fourth-order valence-corrected chi connectivity index (χ4v) is 4.33. The van der Waals surface area contributed by atoms with Crippen LogP contribution in [0.1, 0.15) is 17.7 Å². The second kappa shape index (κ2) is 8.14. The quantitative estimate of drug-likeness (QED) is 0.798. The molecule has 0 unspecified atom stereocenters. The second-order valence-corrected chi connectivity index (χ2v) is 7.98. The lowest BCUT2D eigenvalue weighted by Crippen LogP contribution is -2.41. The molecule has 1 amide bonds. The minimum Gasteiger partial charge on any atom is -0.369 e. The second-order valence-electron chi connectivity index (χ2n) is 6.15. The van der Waals surface area contributed by atoms with Gasteiger partial charge in [0.05, 0.1) is 11.9 Å². The molecule has 134 valence electrons. The van der Waals surface area contributed by atoms with Crippen molar-refractivity contribution in [3.63, 3.8) is 0 Å². The molecule has 1 aliphatic heterocycles. The highest BCUT2D eigenvalue weighted by Gasteiger charge is 2.26. The number of hydrogen-bond donors (Lipinski definition) is 1. The molecule has 0 radical (unpaired) electrons. The summed E-state index contributed by atoms with van der Waals surface area (Å²) in [5.74, 6) is 0.176. The molecule has 0 aliphatic carbocycles. The number of aromatic nitrogens is 2. The number of nitrogens with zero attached hydrogens (tertiary/aromatic N) is 3. The van der Waals surface area contributed by atoms with E-state index in [2.05, 4.69) is 42.7 Å². The predicted octanol–water partition coefficient (Wildman–Crippen LogP) is 2.18. The highest BCUT2D eigenvalue weighted by molar-refractivity contribution is 9.10. The third-order valence-corrected chi connectivity index (χ3v) is 6.20. The smallest absolute Gasteiger partial charge is 0.282 e. The number of aryl methyl sites for hydroxylation is 1. The standard InChI is InChI=1S/C17H21BrN4O2S/c1-21-17(24)15(18)14(11-20-21)22-8-5-12(6-9-22)16(23)19-7-4-13-3-2-10-25-13/h2-3,10-12H,4-9H2,1H3,(H,19,23). The van der Waals surface area contributed by atoms with Crippen molar-refractivity contribution < 1.29 is 4.79 Å². The van der Waals surface area contributed by atoms with Crippen molar-refractivity contribution in [1.29, 1.82) is 0 Å². The molecule has 25 heavy (non-hydrogen) atoms. The Kier molecular flexibility index (Phi) is 5.90. The van der Waals surface area contributed by atoms with Crippen LogP contribution in [-0.4, -0.2) is 35.3 Å². The highest BCUT2D eigenvalue weighted by Crippen LogP contribution is 2.27. The summed E-state index contributed by atoms with van der Waals surface area (Å²) in [5.41, 5.74) is 0.658. The van der Waals surface area contributed by atoms with E-state index in [-0.39, 0.29) is 17.4 Å². The van der Waals surface area contributed by atoms with Crippen molar-refractivity contribution in [3.05, 3.63) is 43.4 Å². The van der Waals surface area contributed by atoms with Gasteiger partial charge in [-0.1, -0.05) is 6.07 Å². The fraction of sp³-hybridized carbons (Fsp3) is 0.471. The van der Waals surface area contributed by atoms with Crippen molar-refractivity contribution in [2.75, 3.05) is 24.5 Å². The summed E-state index contributed by atoms with van der Waals surface area (Å²) in [6.07, 6.45) is 4.15. The number of anilines is 1. The van der Waals surface area contributed by atoms with Crippen molar-refractivity contribution in [2.45, 2.75) is 19.3 Å². The number of piperidine rings is 1. The van der Waals surface area contributed by atoms with Crippen LogP contribution in [0.4, 0.5) is 5.69 Å². The van der Waals surface area contributed by atoms with E-state index in [1.54, 1.807) is 24.6 Å². The van der Waals surface area contributed by atoms with Crippen LogP contribution in [0.2, 0.25) is 0 Å². The van der Waals surface area contributed by atoms with Crippen LogP contribution in [0.25, 0.3) is 0 Å². The maximum Gasteiger partial charge on any atom is 0.282 e. The van der Waals surface area contributed by atoms with Gasteiger partial charge in [-0.2, -0.15) is 5.10 Å². The summed E-state index contributed by atoms with van der Waals surface area (Å²) < 4.78 is 1.84. The van der Waals surface area contributed by atoms with E-state index in [1.807, 2.05) is 6.07 Å². The zero-order valence-electron chi connectivity index (χ0n) is 14.1. The number of rotatable bonds is 5. The molecule has 0 atom stereocenters. The summed E-state index contributed by atoms with van der Waals surface area (Å²) in [7, 11) is 1.63. The first kappa shape index (κ1) is 18.1. The zero-order chi connectivity index (χ0) is 17.8. The molecule has 2 aromatic rings. The normalized spacial score (nSPS) is 15.4. The molecule has 1 N–H and O–H groups in total. The predicted molar refractivity (Wildman–Crippen MR) is 103 cm³/mol. The van der Waals surface area contributed by atoms with Gasteiger partial charge in [-0.3, -0.25) is 9.59 Å². The molecule has 0 bridgehead atoms. The Balaban J connectivity index is 1.50. The molecular weight excluding hydrogens is 404 g/mol. The average molecular weight is 425 g/mol. The largest absolute Gasteiger partial charge is 0.369 e. The lowest BCUT2D eigenvalue weighted by molar-refractivity contribution is -0.125. The van der Waals surface area contributed by atoms with E-state index in [4.69, 9.17) is 0 Å². The maximum atomic E-state index is 12.3. The van der Waals surface area contributed by atoms with Gasteiger partial charge in [0.1, 0.15) is 4.47 Å². The van der Waals surface area contributed by atoms with Crippen molar-refractivity contribution >= 4 is 38.9 Å². The van der Waals surface area contributed by atoms with E-state index in [9.17, 15) is 9.59 Å². The highest BCUT2D eigenvalue weighted by atomic mass is 79.9. The molecule has 1 saturated heterocycles. The number of carbonyl (C=O) groups is 1. The number of thiophene rings is 1. The van der Waals surface area contributed by atoms with Crippen LogP contribution in [-0.2, 0) is 18.3 Å². The van der Waals surface area contributed by atoms with Gasteiger partial charge < -0.3 is 10.2 Å². The van der Waals surface area contributed by atoms with E-state index in [1.165, 1.54) is 9.56 Å². The first-order valence-corrected chi connectivity index (χ1v) is 10.0. The Morgan fingerprint density at radius 2 is 2.20 bits per heavy atom. The van der Waals surface area contributed by atoms with Gasteiger partial charge in [0, 0.05) is 37.5 Å². The van der Waals surface area contributed by atoms with Crippen LogP contribution >= 0.6 is 27.3 Å². The molecule has 1 aliphatic rings. The van der Waals surface area contributed by atoms with Crippen molar-refractivity contribution in [3.8, 4) is 0 Å². The molecule has 3 rings (SSSR count). The van der Waals surface area contributed by atoms with Gasteiger partial charge in [0.15, 0.2) is 0 Å². The molecule has 0 saturated carbocycles. The Morgan fingerprint density at radius 3 is 2.88 bits per heavy atom. The SMILES string of the molecule is Cn1ncc(N2CCC(C(=O)NCCc3cccs3)CC2)c(Br)c1=O. The fourth-order valence-electron chi connectivity index (χ4n) is 3.01. The number of halogens is 1. The average Bonchev–Trinajstić information content (AvgIpc) is 3.13. The molecule has 3 heterocycles. The van der Waals surface area contributed by atoms with Crippen LogP contribution in [0.15, 0.2) is 33.0 Å². The summed E-state index contributed by atoms with van der Waals surface area (Å²) in [6.45, 7) is 2.18. The van der Waals surface area contributed by atoms with Gasteiger partial charge in [-0.15, -0.1) is 11.3 Å². The van der Waals surface area contributed by atoms with Gasteiger partial charge in [0.2, 0.25) is 5.91 Å². The minimum absolute atomic E-state index is 0.0397. The summed E-state index contributed by atoms with van der Waals surface area (Å²) in [6, 6.07) is 4.12. The van der Waals surface area contributed by atoms with Crippen LogP contribution in [0, 0.1) is 5.92 Å². The molecule has 6 nitrogen and oxygen atoms in total. The van der Waals surface area contributed by atoms with Crippen LogP contribution < -0.4 is 15.8 Å². The van der Waals surface area contributed by atoms with Crippen LogP contribution in [0.3, 0.4) is 0 Å². The lowest BCUT2D eigenvalue weighted by Gasteiger charge is -2.33. The van der Waals surface area contributed by atoms with E-state index in [0.717, 1.165) is 38.0 Å². The summed E-state index contributed by atoms with van der Waals surface area (Å²) >= 11 is 5.09. The van der Waals surface area contributed by atoms with Crippen molar-refractivity contribution in [1.82, 2.24) is 15.1 Å². The molecule has 0 aromatic carbocycles. The van der Waals surface area contributed by atoms with Gasteiger partial charge >= 0.3 is 0 Å². The molecular formula is C17H21BrN4O2S. The third kappa shape index (κ3) is 4.30. The molecule has 8 heteroatoms. The number of hydrogen-bond acceptors (Lipinski definition) is 5. The molecule has 1 fully saturated rings. The number of amides is 1. The minimum atomic E-state index is -0.147. The molecule has 2 aromatic heterocycles. The summed E-state index contributed by atoms with van der Waals surface area (Å²) in [5, 5.41) is 9.19. The monoisotopic (exact) mass is 424 g/mol. The number of nitrogens with one attached hydrogen (secondary N) is 1. The van der Waals surface area contributed by atoms with E-state index >= 15 is 0 Å². The Bertz CT molecular complexity index is 782. The lowest BCUT2D eigenvalue weighted by atomic mass is 9.95. The number of carbonyl (C=O) groups excluding carboxylic acids is 1. The van der Waals surface area contributed by atoms with Crippen molar-refractivity contribution in [2.24, 2.45) is 13.0 Å². The van der Waals surface area contributed by atoms with Crippen LogP contribution in [0.5, 0.6) is 0 Å². The zero-order valence-corrected chi connectivity index (χ0v) is 16.5. The third-order valence-electron chi connectivity index (χ3n) is 4.52. The Hall–Kier alpha value is -1.67. The Morgan fingerprint density at radius 1 is 1.44 bits per heavy atom. The van der Waals surface area contributed by atoms with Gasteiger partial charge in [0.25, 0.3) is 5.56 Å². The Labute approximate surface area is 159 Å². The van der Waals surface area contributed by atoms with E-state index in [0.29, 0.717) is 11.0 Å². The molecule has 0 spiro atoms. The van der Waals surface area contributed by atoms with Gasteiger partial charge in [-0.25, -0.2) is 4.68 Å². The first-order valence-electron chi connectivity index (χ1n) is 8.33. The van der Waals surface area contributed by atoms with E-state index < -0.39 is 0 Å².